The second-order valence-corrected chi connectivity index (χ2v) is 7.23. The van der Waals surface area contributed by atoms with E-state index in [1.54, 1.807) is 10.9 Å². The number of aryl methyl sites for hydroxylation is 1. The van der Waals surface area contributed by atoms with Crippen LogP contribution in [0.1, 0.15) is 25.5 Å². The van der Waals surface area contributed by atoms with Crippen molar-refractivity contribution in [1.29, 1.82) is 0 Å². The molecule has 1 saturated heterocycles. The van der Waals surface area contributed by atoms with E-state index >= 15 is 0 Å². The van der Waals surface area contributed by atoms with Crippen molar-refractivity contribution in [2.45, 2.75) is 33.2 Å². The minimum absolute atomic E-state index is 0.133. The number of pyridine rings is 1. The molecule has 4 rings (SSSR count). The van der Waals surface area contributed by atoms with Crippen LogP contribution in [0.3, 0.4) is 0 Å². The summed E-state index contributed by atoms with van der Waals surface area (Å²) in [6.07, 6.45) is 3.97. The lowest BCUT2D eigenvalue weighted by molar-refractivity contribution is -0.133. The first-order valence-electron chi connectivity index (χ1n) is 9.29. The number of piperidine rings is 1. The first kappa shape index (κ1) is 16.8. The third-order valence-electron chi connectivity index (χ3n) is 5.31. The van der Waals surface area contributed by atoms with Crippen LogP contribution in [0.15, 0.2) is 42.6 Å². The van der Waals surface area contributed by atoms with Crippen molar-refractivity contribution in [2.24, 2.45) is 5.92 Å². The highest BCUT2D eigenvalue weighted by Crippen LogP contribution is 2.29. The Hall–Kier alpha value is -2.69. The van der Waals surface area contributed by atoms with Crippen LogP contribution in [0.2, 0.25) is 0 Å². The molecule has 0 bridgehead atoms. The van der Waals surface area contributed by atoms with E-state index in [4.69, 9.17) is 0 Å². The van der Waals surface area contributed by atoms with Gasteiger partial charge in [0.05, 0.1) is 5.69 Å². The van der Waals surface area contributed by atoms with Crippen molar-refractivity contribution in [3.8, 4) is 11.1 Å². The summed E-state index contributed by atoms with van der Waals surface area (Å²) in [4.78, 5) is 19.2. The number of carbonyl (C=O) groups is 1. The lowest BCUT2D eigenvalue weighted by atomic mass is 9.99. The van der Waals surface area contributed by atoms with Gasteiger partial charge in [-0.1, -0.05) is 37.3 Å². The van der Waals surface area contributed by atoms with Crippen molar-refractivity contribution < 1.29 is 4.79 Å². The predicted octanol–water partition coefficient (Wildman–Crippen LogP) is 3.67. The maximum atomic E-state index is 12.7. The van der Waals surface area contributed by atoms with E-state index in [9.17, 15) is 4.79 Å². The molecule has 3 aromatic rings. The van der Waals surface area contributed by atoms with E-state index in [2.05, 4.69) is 29.1 Å². The molecule has 26 heavy (non-hydrogen) atoms. The zero-order valence-electron chi connectivity index (χ0n) is 15.4. The normalized spacial score (nSPS) is 15.5. The molecule has 0 spiro atoms. The second-order valence-electron chi connectivity index (χ2n) is 7.23. The highest BCUT2D eigenvalue weighted by atomic mass is 16.2. The summed E-state index contributed by atoms with van der Waals surface area (Å²) >= 11 is 0. The summed E-state index contributed by atoms with van der Waals surface area (Å²) < 4.78 is 1.76. The fourth-order valence-corrected chi connectivity index (χ4v) is 3.74. The predicted molar refractivity (Wildman–Crippen MR) is 103 cm³/mol. The SMILES string of the molecule is Cc1nn(CC(=O)N2CCC(C)CC2)c2nccc(-c3ccccc3)c12. The quantitative estimate of drug-likeness (QED) is 0.726. The van der Waals surface area contributed by atoms with Gasteiger partial charge >= 0.3 is 0 Å². The molecule has 1 aliphatic heterocycles. The Kier molecular flexibility index (Phi) is 4.45. The van der Waals surface area contributed by atoms with Gasteiger partial charge < -0.3 is 4.90 Å². The largest absolute Gasteiger partial charge is 0.341 e. The zero-order valence-corrected chi connectivity index (χ0v) is 15.4. The Morgan fingerprint density at radius 2 is 1.88 bits per heavy atom. The van der Waals surface area contributed by atoms with Gasteiger partial charge in [0, 0.05) is 24.7 Å². The van der Waals surface area contributed by atoms with E-state index in [-0.39, 0.29) is 12.5 Å². The molecule has 0 N–H and O–H groups in total. The van der Waals surface area contributed by atoms with Crippen LogP contribution in [-0.4, -0.2) is 38.7 Å². The van der Waals surface area contributed by atoms with Gasteiger partial charge in [-0.2, -0.15) is 5.10 Å². The number of rotatable bonds is 3. The van der Waals surface area contributed by atoms with Gasteiger partial charge in [-0.3, -0.25) is 4.79 Å². The molecular formula is C21H24N4O. The molecule has 0 radical (unpaired) electrons. The number of hydrogen-bond acceptors (Lipinski definition) is 3. The maximum absolute atomic E-state index is 12.7. The molecule has 2 aromatic heterocycles. The van der Waals surface area contributed by atoms with Gasteiger partial charge in [-0.25, -0.2) is 9.67 Å². The number of carbonyl (C=O) groups excluding carboxylic acids is 1. The minimum atomic E-state index is 0.133. The van der Waals surface area contributed by atoms with Crippen LogP contribution in [0, 0.1) is 12.8 Å². The standard InChI is InChI=1S/C21H24N4O/c1-15-9-12-24(13-10-15)19(26)14-25-21-20(16(2)23-25)18(8-11-22-21)17-6-4-3-5-7-17/h3-8,11,15H,9-10,12-14H2,1-2H3. The molecule has 5 nitrogen and oxygen atoms in total. The Morgan fingerprint density at radius 3 is 2.62 bits per heavy atom. The molecule has 1 amide bonds. The molecule has 0 atom stereocenters. The molecule has 1 aromatic carbocycles. The van der Waals surface area contributed by atoms with Crippen LogP contribution in [0.25, 0.3) is 22.2 Å². The average Bonchev–Trinajstić information content (AvgIpc) is 2.99. The fourth-order valence-electron chi connectivity index (χ4n) is 3.74. The summed E-state index contributed by atoms with van der Waals surface area (Å²) in [6.45, 7) is 6.19. The molecule has 0 saturated carbocycles. The maximum Gasteiger partial charge on any atom is 0.244 e. The number of fused-ring (bicyclic) bond motifs is 1. The average molecular weight is 348 g/mol. The monoisotopic (exact) mass is 348 g/mol. The number of amides is 1. The number of benzene rings is 1. The topological polar surface area (TPSA) is 51.0 Å². The molecule has 0 aliphatic carbocycles. The van der Waals surface area contributed by atoms with Gasteiger partial charge in [-0.15, -0.1) is 0 Å². The second kappa shape index (κ2) is 6.90. The van der Waals surface area contributed by atoms with Gasteiger partial charge in [-0.05, 0) is 42.9 Å². The highest BCUT2D eigenvalue weighted by molar-refractivity contribution is 5.95. The number of hydrogen-bond donors (Lipinski definition) is 0. The van der Waals surface area contributed by atoms with Crippen molar-refractivity contribution >= 4 is 16.9 Å². The number of nitrogens with zero attached hydrogens (tertiary/aromatic N) is 4. The van der Waals surface area contributed by atoms with Crippen molar-refractivity contribution in [2.75, 3.05) is 13.1 Å². The summed E-state index contributed by atoms with van der Waals surface area (Å²) in [6, 6.07) is 12.3. The molecule has 134 valence electrons. The van der Waals surface area contributed by atoms with Crippen LogP contribution >= 0.6 is 0 Å². The molecule has 0 unspecified atom stereocenters. The number of aromatic nitrogens is 3. The Bertz CT molecular complexity index is 924. The highest BCUT2D eigenvalue weighted by Gasteiger charge is 2.22. The van der Waals surface area contributed by atoms with E-state index in [0.717, 1.165) is 53.8 Å². The fraction of sp³-hybridized carbons (Fsp3) is 0.381. The van der Waals surface area contributed by atoms with Crippen LogP contribution in [-0.2, 0) is 11.3 Å². The summed E-state index contributed by atoms with van der Waals surface area (Å²) in [5.74, 6) is 0.843. The molecule has 1 fully saturated rings. The summed E-state index contributed by atoms with van der Waals surface area (Å²) in [5.41, 5.74) is 3.94. The van der Waals surface area contributed by atoms with Gasteiger partial charge in [0.2, 0.25) is 5.91 Å². The Balaban J connectivity index is 1.66. The minimum Gasteiger partial charge on any atom is -0.341 e. The van der Waals surface area contributed by atoms with E-state index in [0.29, 0.717) is 5.92 Å². The Labute approximate surface area is 153 Å². The van der Waals surface area contributed by atoms with Crippen molar-refractivity contribution in [3.05, 3.63) is 48.3 Å². The van der Waals surface area contributed by atoms with Crippen LogP contribution < -0.4 is 0 Å². The van der Waals surface area contributed by atoms with E-state index < -0.39 is 0 Å². The van der Waals surface area contributed by atoms with Gasteiger partial charge in [0.1, 0.15) is 6.54 Å². The Morgan fingerprint density at radius 1 is 1.15 bits per heavy atom. The van der Waals surface area contributed by atoms with Gasteiger partial charge in [0.25, 0.3) is 0 Å². The zero-order chi connectivity index (χ0) is 18.1. The third kappa shape index (κ3) is 3.09. The molecule has 5 heteroatoms. The van der Waals surface area contributed by atoms with E-state index in [1.165, 1.54) is 0 Å². The number of likely N-dealkylation sites (tertiary alicyclic amines) is 1. The summed E-state index contributed by atoms with van der Waals surface area (Å²) in [7, 11) is 0. The van der Waals surface area contributed by atoms with E-state index in [1.807, 2.05) is 36.1 Å². The molecule has 1 aliphatic rings. The van der Waals surface area contributed by atoms with Crippen molar-refractivity contribution in [1.82, 2.24) is 19.7 Å². The lowest BCUT2D eigenvalue weighted by Crippen LogP contribution is -2.39. The first-order valence-corrected chi connectivity index (χ1v) is 9.29. The van der Waals surface area contributed by atoms with Crippen LogP contribution in [0.4, 0.5) is 0 Å². The smallest absolute Gasteiger partial charge is 0.244 e. The third-order valence-corrected chi connectivity index (χ3v) is 5.31. The van der Waals surface area contributed by atoms with Gasteiger partial charge in [0.15, 0.2) is 5.65 Å². The molecular weight excluding hydrogens is 324 g/mol. The lowest BCUT2D eigenvalue weighted by Gasteiger charge is -2.30. The van der Waals surface area contributed by atoms with Crippen molar-refractivity contribution in [3.63, 3.8) is 0 Å². The van der Waals surface area contributed by atoms with Crippen LogP contribution in [0.5, 0.6) is 0 Å². The molecule has 3 heterocycles. The first-order chi connectivity index (χ1) is 12.6. The summed E-state index contributed by atoms with van der Waals surface area (Å²) in [5, 5.41) is 5.66.